The van der Waals surface area contributed by atoms with Gasteiger partial charge in [-0.2, -0.15) is 23.8 Å². The van der Waals surface area contributed by atoms with Gasteiger partial charge in [0.2, 0.25) is 0 Å². The van der Waals surface area contributed by atoms with Gasteiger partial charge in [-0.15, -0.1) is 17.3 Å². The number of allylic oxidation sites excluding steroid dienone is 1. The molecule has 0 aliphatic heterocycles. The maximum absolute atomic E-state index is 15.1. The van der Waals surface area contributed by atoms with Gasteiger partial charge in [0.05, 0.1) is 0 Å². The van der Waals surface area contributed by atoms with Crippen LogP contribution in [-0.2, 0) is 4.79 Å². The molecule has 4 bridgehead atoms. The van der Waals surface area contributed by atoms with E-state index in [9.17, 15) is 0 Å². The summed E-state index contributed by atoms with van der Waals surface area (Å²) in [5.41, 5.74) is 1.17. The zero-order valence-electron chi connectivity index (χ0n) is 21.3. The van der Waals surface area contributed by atoms with E-state index in [0.29, 0.717) is 0 Å². The molecular formula is C26H41LiOSi3. The largest absolute Gasteiger partial charge is 1.00 e. The summed E-state index contributed by atoms with van der Waals surface area (Å²) in [5, 5.41) is 2.18. The van der Waals surface area contributed by atoms with Crippen LogP contribution in [-0.4, -0.2) is 27.7 Å². The molecule has 1 aromatic carbocycles. The van der Waals surface area contributed by atoms with Crippen molar-refractivity contribution in [1.29, 1.82) is 0 Å². The molecule has 0 aromatic heterocycles. The number of benzene rings is 1. The van der Waals surface area contributed by atoms with E-state index in [1.54, 1.807) is 0 Å². The molecule has 4 aliphatic rings. The van der Waals surface area contributed by atoms with Crippen LogP contribution >= 0.6 is 0 Å². The molecule has 5 heteroatoms. The van der Waals surface area contributed by atoms with Crippen molar-refractivity contribution in [2.75, 3.05) is 0 Å². The summed E-state index contributed by atoms with van der Waals surface area (Å²) >= 11 is 0. The van der Waals surface area contributed by atoms with Crippen LogP contribution < -0.4 is 18.9 Å². The number of hydrogen-bond acceptors (Lipinski definition) is 1. The molecule has 0 N–H and O–H groups in total. The molecule has 4 fully saturated rings. The number of carbonyl (C=O) groups excluding carboxylic acids is 1. The molecule has 0 unspecified atom stereocenters. The minimum atomic E-state index is -2.33. The third-order valence-corrected chi connectivity index (χ3v) is 46.4. The topological polar surface area (TPSA) is 17.1 Å². The fourth-order valence-corrected chi connectivity index (χ4v) is 56.2. The molecule has 4 aliphatic carbocycles. The minimum Gasteiger partial charge on any atom is -0.305 e. The third-order valence-electron chi connectivity index (χ3n) is 8.78. The molecule has 1 aromatic rings. The van der Waals surface area contributed by atoms with Crippen molar-refractivity contribution in [2.24, 2.45) is 23.2 Å². The van der Waals surface area contributed by atoms with E-state index < -0.39 is 22.3 Å². The Morgan fingerprint density at radius 3 is 1.65 bits per heavy atom. The van der Waals surface area contributed by atoms with Gasteiger partial charge < -0.3 is 4.79 Å². The Bertz CT molecular complexity index is 798. The van der Waals surface area contributed by atoms with E-state index in [4.69, 9.17) is 0 Å². The smallest absolute Gasteiger partial charge is 0.305 e. The van der Waals surface area contributed by atoms with Crippen molar-refractivity contribution in [3.05, 3.63) is 47.2 Å². The summed E-state index contributed by atoms with van der Waals surface area (Å²) in [6.45, 7) is 17.4. The first-order chi connectivity index (χ1) is 13.9. The van der Waals surface area contributed by atoms with Crippen LogP contribution in [0.2, 0.25) is 39.3 Å². The van der Waals surface area contributed by atoms with Gasteiger partial charge in [0.25, 0.3) is 0 Å². The normalized spacial score (nSPS) is 30.8. The predicted octanol–water partition coefficient (Wildman–Crippen LogP) is 3.93. The Hall–Kier alpha value is -0.122. The Kier molecular flexibility index (Phi) is 7.06. The molecule has 4 saturated carbocycles. The molecular weight excluding hydrogens is 419 g/mol. The Balaban J connectivity index is 0.00000272. The van der Waals surface area contributed by atoms with Crippen LogP contribution in [0.4, 0.5) is 0 Å². The molecule has 0 saturated heterocycles. The van der Waals surface area contributed by atoms with Crippen LogP contribution in [0.5, 0.6) is 0 Å². The second kappa shape index (κ2) is 8.58. The summed E-state index contributed by atoms with van der Waals surface area (Å²) < 4.78 is 0. The molecule has 31 heavy (non-hydrogen) atoms. The van der Waals surface area contributed by atoms with Gasteiger partial charge in [-0.25, -0.2) is 0 Å². The van der Waals surface area contributed by atoms with Crippen molar-refractivity contribution in [2.45, 2.75) is 84.7 Å². The Morgan fingerprint density at radius 1 is 0.839 bits per heavy atom. The molecule has 1 nitrogen and oxygen atoms in total. The molecule has 5 rings (SSSR count). The number of rotatable bonds is 6. The molecule has 164 valence electrons. The van der Waals surface area contributed by atoms with E-state index in [0.717, 1.165) is 28.7 Å². The third kappa shape index (κ3) is 4.14. The van der Waals surface area contributed by atoms with Crippen molar-refractivity contribution >= 4 is 27.7 Å². The van der Waals surface area contributed by atoms with Gasteiger partial charge in [-0.1, -0.05) is 52.3 Å². The first-order valence-corrected chi connectivity index (χ1v) is 23.1. The quantitative estimate of drug-likeness (QED) is 0.464. The zero-order chi connectivity index (χ0) is 21.9. The van der Waals surface area contributed by atoms with Gasteiger partial charge in [-0.3, -0.25) is 0 Å². The number of hydrogen-bond donors (Lipinski definition) is 0. The molecule has 0 amide bonds. The molecule has 0 radical (unpaired) electrons. The summed E-state index contributed by atoms with van der Waals surface area (Å²) in [7, 11) is -5.84. The maximum Gasteiger partial charge on any atom is 1.00 e. The van der Waals surface area contributed by atoms with E-state index in [1.807, 2.05) is 0 Å². The Labute approximate surface area is 205 Å². The SMILES string of the molecule is CC(=[C-]c1ccccc1)[Si](C(=O)C12CC3CC(CC(C3)C1)C2)([Si](C)(C)C)[Si](C)(C)C.[Li+]. The summed E-state index contributed by atoms with van der Waals surface area (Å²) in [6, 6.07) is 10.6. The Morgan fingerprint density at radius 2 is 1.26 bits per heavy atom. The van der Waals surface area contributed by atoms with Crippen LogP contribution in [0, 0.1) is 29.2 Å². The molecule has 0 spiro atoms. The zero-order valence-corrected chi connectivity index (χ0v) is 24.3. The maximum atomic E-state index is 15.1. The second-order valence-electron chi connectivity index (χ2n) is 12.9. The van der Waals surface area contributed by atoms with Gasteiger partial charge in [0, 0.05) is 20.6 Å². The van der Waals surface area contributed by atoms with Gasteiger partial charge in [-0.05, 0) is 56.3 Å². The fraction of sp³-hybridized carbons (Fsp3) is 0.654. The van der Waals surface area contributed by atoms with Crippen LogP contribution in [0.3, 0.4) is 0 Å². The van der Waals surface area contributed by atoms with Crippen molar-refractivity contribution in [1.82, 2.24) is 0 Å². The first-order valence-electron chi connectivity index (χ1n) is 12.1. The van der Waals surface area contributed by atoms with Gasteiger partial charge >= 0.3 is 18.9 Å². The van der Waals surface area contributed by atoms with E-state index in [2.05, 4.69) is 82.6 Å². The molecule has 0 heterocycles. The van der Waals surface area contributed by atoms with Gasteiger partial charge in [0.15, 0.2) is 0 Å². The second-order valence-corrected chi connectivity index (χ2v) is 39.6. The summed E-state index contributed by atoms with van der Waals surface area (Å²) in [6.07, 6.45) is 11.7. The average Bonchev–Trinajstić information content (AvgIpc) is 2.59. The first kappa shape index (κ1) is 25.5. The standard InChI is InChI=1S/C26H41OSi3.Li/c1-20(13-21-11-9-8-10-12-21)30(28(2,3)4,29(5,6)7)25(27)26-17-22-14-23(18-26)16-24(15-22)19-26;/h8-12,22-24H,14-19H2,1-7H3;/q-1;+1. The van der Waals surface area contributed by atoms with E-state index in [-0.39, 0.29) is 24.3 Å². The fourth-order valence-electron chi connectivity index (χ4n) is 8.72. The van der Waals surface area contributed by atoms with Gasteiger partial charge in [0.1, 0.15) is 12.5 Å². The van der Waals surface area contributed by atoms with Crippen LogP contribution in [0.15, 0.2) is 35.5 Å². The van der Waals surface area contributed by atoms with Crippen LogP contribution in [0.1, 0.15) is 51.0 Å². The summed E-state index contributed by atoms with van der Waals surface area (Å²) in [4.78, 5) is 15.1. The molecule has 0 atom stereocenters. The average molecular weight is 461 g/mol. The van der Waals surface area contributed by atoms with Crippen LogP contribution in [0.25, 0.3) is 0 Å². The van der Waals surface area contributed by atoms with Crippen molar-refractivity contribution in [3.8, 4) is 0 Å². The van der Waals surface area contributed by atoms with Crippen molar-refractivity contribution in [3.63, 3.8) is 0 Å². The van der Waals surface area contributed by atoms with Crippen molar-refractivity contribution < 1.29 is 23.7 Å². The monoisotopic (exact) mass is 460 g/mol. The predicted molar refractivity (Wildman–Crippen MR) is 136 cm³/mol. The summed E-state index contributed by atoms with van der Waals surface area (Å²) in [5.74, 6) is 2.49. The van der Waals surface area contributed by atoms with E-state index in [1.165, 1.54) is 43.7 Å². The minimum absolute atomic E-state index is 0. The van der Waals surface area contributed by atoms with E-state index >= 15 is 4.79 Å². The number of carbonyl (C=O) groups is 1.